The van der Waals surface area contributed by atoms with Gasteiger partial charge in [-0.15, -0.1) is 0 Å². The van der Waals surface area contributed by atoms with E-state index < -0.39 is 86.8 Å². The van der Waals surface area contributed by atoms with Crippen LogP contribution in [0.1, 0.15) is 181 Å². The van der Waals surface area contributed by atoms with Gasteiger partial charge in [0.15, 0.2) is 12.6 Å². The Morgan fingerprint density at radius 3 is 1.34 bits per heavy atom. The maximum atomic E-state index is 13.2. The molecule has 2 aliphatic rings. The number of hydrogen-bond acceptors (Lipinski definition) is 13. The number of carbonyl (C=O) groups is 1. The van der Waals surface area contributed by atoms with Crippen molar-refractivity contribution in [2.24, 2.45) is 0 Å². The van der Waals surface area contributed by atoms with Gasteiger partial charge in [-0.2, -0.15) is 0 Å². The SMILES string of the molecule is CC/C=C\C/C=C\C/C=C\C/C=C\C/C=C\C/C=C\C/C=C\C/C=C\C/C=C\C/C=C\CCCCCCCCC(=O)NC(COC1OC(CO)C(OC2OC(CO)C(O)C(O)C2O)C(O)C1O)C(O)/C=C/CC/C=C/CCCCCCC. The highest BCUT2D eigenvalue weighted by Crippen LogP contribution is 2.30. The van der Waals surface area contributed by atoms with E-state index in [0.717, 1.165) is 122 Å². The lowest BCUT2D eigenvalue weighted by molar-refractivity contribution is -0.359. The van der Waals surface area contributed by atoms with Gasteiger partial charge >= 0.3 is 0 Å². The third-order valence-electron chi connectivity index (χ3n) is 14.0. The second-order valence-electron chi connectivity index (χ2n) is 21.1. The molecule has 0 spiro atoms. The first-order valence-electron chi connectivity index (χ1n) is 31.1. The zero-order valence-electron chi connectivity index (χ0n) is 49.9. The molecule has 9 N–H and O–H groups in total. The molecule has 82 heavy (non-hydrogen) atoms. The smallest absolute Gasteiger partial charge is 0.220 e. The number of carbonyl (C=O) groups excluding carboxylic acids is 1. The molecule has 12 atom stereocenters. The average Bonchev–Trinajstić information content (AvgIpc) is 3.22. The summed E-state index contributed by atoms with van der Waals surface area (Å²) in [4.78, 5) is 13.2. The summed E-state index contributed by atoms with van der Waals surface area (Å²) in [6.07, 6.45) is 60.5. The molecule has 14 heteroatoms. The second-order valence-corrected chi connectivity index (χ2v) is 21.1. The summed E-state index contributed by atoms with van der Waals surface area (Å²) in [6, 6.07) is -0.949. The van der Waals surface area contributed by atoms with Gasteiger partial charge in [0.25, 0.3) is 0 Å². The minimum absolute atomic E-state index is 0.246. The molecule has 2 saturated heterocycles. The lowest BCUT2D eigenvalue weighted by atomic mass is 9.97. The Kier molecular flexibility index (Phi) is 46.3. The number of ether oxygens (including phenoxy) is 4. The fourth-order valence-electron chi connectivity index (χ4n) is 9.04. The second kappa shape index (κ2) is 51.3. The standard InChI is InChI=1S/C68H109NO13/c1-3-5-7-9-11-13-15-16-17-18-19-20-21-22-23-24-25-26-27-28-29-30-31-32-33-34-35-36-37-38-39-40-42-44-46-48-50-52-60(73)69-56(57(72)51-49-47-45-43-41-14-12-10-8-6-4-2)55-79-67-65(78)63(76)66(59(54-71)81-67)82-68-64(77)62(75)61(74)58(53-70)80-68/h5,7,11,13,16-17,19-20,22-23,25-26,28-29,31-32,34-35,37-38,41,43,49,51,56-59,61-68,70-72,74-78H,3-4,6,8-10,12,14-15,18,21,24,27,30,33,36,39-40,42,44-48,50,52-55H2,1-2H3,(H,69,73)/b7-5-,13-11-,17-16-,20-19-,23-22-,26-25-,29-28-,32-31-,35-34-,38-37-,43-41+,51-49+. The van der Waals surface area contributed by atoms with E-state index in [1.165, 1.54) is 25.7 Å². The topological polar surface area (TPSA) is 228 Å². The van der Waals surface area contributed by atoms with Crippen molar-refractivity contribution in [3.8, 4) is 0 Å². The van der Waals surface area contributed by atoms with Crippen LogP contribution < -0.4 is 5.32 Å². The predicted octanol–water partition coefficient (Wildman–Crippen LogP) is 11.3. The minimum Gasteiger partial charge on any atom is -0.394 e. The van der Waals surface area contributed by atoms with E-state index in [4.69, 9.17) is 18.9 Å². The van der Waals surface area contributed by atoms with Gasteiger partial charge in [-0.3, -0.25) is 4.79 Å². The van der Waals surface area contributed by atoms with Crippen molar-refractivity contribution in [3.05, 3.63) is 146 Å². The number of unbranched alkanes of at least 4 members (excludes halogenated alkanes) is 12. The summed E-state index contributed by atoms with van der Waals surface area (Å²) in [7, 11) is 0. The van der Waals surface area contributed by atoms with Gasteiger partial charge in [-0.25, -0.2) is 0 Å². The van der Waals surface area contributed by atoms with Crippen molar-refractivity contribution in [1.82, 2.24) is 5.32 Å². The first-order valence-corrected chi connectivity index (χ1v) is 31.1. The third-order valence-corrected chi connectivity index (χ3v) is 14.0. The summed E-state index contributed by atoms with van der Waals surface area (Å²) >= 11 is 0. The number of rotatable bonds is 47. The largest absolute Gasteiger partial charge is 0.394 e. The Labute approximate surface area is 493 Å². The van der Waals surface area contributed by atoms with Crippen LogP contribution in [-0.4, -0.2) is 140 Å². The van der Waals surface area contributed by atoms with E-state index in [1.54, 1.807) is 6.08 Å². The molecule has 12 unspecified atom stereocenters. The van der Waals surface area contributed by atoms with Crippen LogP contribution in [0.4, 0.5) is 0 Å². The Morgan fingerprint density at radius 1 is 0.451 bits per heavy atom. The van der Waals surface area contributed by atoms with E-state index in [9.17, 15) is 45.6 Å². The molecular weight excluding hydrogens is 1040 g/mol. The summed E-state index contributed by atoms with van der Waals surface area (Å²) < 4.78 is 22.7. The number of allylic oxidation sites excluding steroid dienone is 23. The minimum atomic E-state index is -1.80. The fourth-order valence-corrected chi connectivity index (χ4v) is 9.04. The highest BCUT2D eigenvalue weighted by molar-refractivity contribution is 5.76. The summed E-state index contributed by atoms with van der Waals surface area (Å²) in [5.74, 6) is -0.273. The molecule has 2 rings (SSSR count). The van der Waals surface area contributed by atoms with Crippen molar-refractivity contribution in [1.29, 1.82) is 0 Å². The van der Waals surface area contributed by atoms with Crippen molar-refractivity contribution in [2.45, 2.75) is 254 Å². The van der Waals surface area contributed by atoms with Crippen LogP contribution in [0.2, 0.25) is 0 Å². The summed E-state index contributed by atoms with van der Waals surface area (Å²) in [6.45, 7) is 2.59. The first kappa shape index (κ1) is 74.0. The number of aliphatic hydroxyl groups excluding tert-OH is 8. The zero-order chi connectivity index (χ0) is 59.5. The molecule has 1 amide bonds. The number of amides is 1. The maximum Gasteiger partial charge on any atom is 0.220 e. The van der Waals surface area contributed by atoms with Gasteiger partial charge in [0, 0.05) is 6.42 Å². The van der Waals surface area contributed by atoms with Crippen LogP contribution in [0, 0.1) is 0 Å². The van der Waals surface area contributed by atoms with E-state index in [-0.39, 0.29) is 18.9 Å². The van der Waals surface area contributed by atoms with Gasteiger partial charge in [-0.1, -0.05) is 211 Å². The Hall–Kier alpha value is -4.13. The van der Waals surface area contributed by atoms with Crippen LogP contribution >= 0.6 is 0 Å². The van der Waals surface area contributed by atoms with Crippen LogP contribution in [0.3, 0.4) is 0 Å². The molecule has 0 aromatic heterocycles. The maximum absolute atomic E-state index is 13.2. The third kappa shape index (κ3) is 35.9. The molecule has 2 fully saturated rings. The van der Waals surface area contributed by atoms with E-state index >= 15 is 0 Å². The van der Waals surface area contributed by atoms with Gasteiger partial charge in [0.2, 0.25) is 5.91 Å². The molecule has 2 aliphatic heterocycles. The quantitative estimate of drug-likeness (QED) is 0.0204. The van der Waals surface area contributed by atoms with E-state index in [1.807, 2.05) is 6.08 Å². The number of aliphatic hydroxyl groups is 8. The molecular formula is C68H109NO13. The van der Waals surface area contributed by atoms with E-state index in [0.29, 0.717) is 12.8 Å². The molecule has 2 heterocycles. The van der Waals surface area contributed by atoms with Crippen LogP contribution in [0.15, 0.2) is 146 Å². The average molecular weight is 1150 g/mol. The van der Waals surface area contributed by atoms with Crippen LogP contribution in [0.5, 0.6) is 0 Å². The molecule has 14 nitrogen and oxygen atoms in total. The Morgan fingerprint density at radius 2 is 0.854 bits per heavy atom. The normalized spacial score (nSPS) is 25.0. The molecule has 0 bridgehead atoms. The molecule has 0 aromatic rings. The highest BCUT2D eigenvalue weighted by Gasteiger charge is 2.51. The monoisotopic (exact) mass is 1150 g/mol. The predicted molar refractivity (Wildman–Crippen MR) is 331 cm³/mol. The Bertz CT molecular complexity index is 1930. The number of nitrogens with one attached hydrogen (secondary N) is 1. The summed E-state index contributed by atoms with van der Waals surface area (Å²) in [5, 5.41) is 86.9. The van der Waals surface area contributed by atoms with Crippen molar-refractivity contribution >= 4 is 5.91 Å². The fraction of sp³-hybridized carbons (Fsp3) is 0.632. The summed E-state index contributed by atoms with van der Waals surface area (Å²) in [5.41, 5.74) is 0. The van der Waals surface area contributed by atoms with Gasteiger partial charge in [-0.05, 0) is 109 Å². The van der Waals surface area contributed by atoms with Gasteiger partial charge in [0.1, 0.15) is 48.8 Å². The molecule has 0 saturated carbocycles. The molecule has 0 radical (unpaired) electrons. The van der Waals surface area contributed by atoms with Crippen molar-refractivity contribution in [2.75, 3.05) is 19.8 Å². The zero-order valence-corrected chi connectivity index (χ0v) is 49.9. The van der Waals surface area contributed by atoms with Crippen LogP contribution in [-0.2, 0) is 23.7 Å². The molecule has 0 aromatic carbocycles. The van der Waals surface area contributed by atoms with E-state index in [2.05, 4.69) is 153 Å². The first-order chi connectivity index (χ1) is 40.1. The lowest BCUT2D eigenvalue weighted by Gasteiger charge is -2.46. The molecule has 0 aliphatic carbocycles. The molecule has 464 valence electrons. The van der Waals surface area contributed by atoms with Gasteiger partial charge in [0.05, 0.1) is 32.0 Å². The Balaban J connectivity index is 1.66. The van der Waals surface area contributed by atoms with Crippen molar-refractivity contribution in [3.63, 3.8) is 0 Å². The number of hydrogen-bond donors (Lipinski definition) is 9. The van der Waals surface area contributed by atoms with Crippen LogP contribution in [0.25, 0.3) is 0 Å². The van der Waals surface area contributed by atoms with Gasteiger partial charge < -0.3 is 65.1 Å². The lowest BCUT2D eigenvalue weighted by Crippen LogP contribution is -2.65. The van der Waals surface area contributed by atoms with Crippen molar-refractivity contribution < 1.29 is 64.6 Å². The highest BCUT2D eigenvalue weighted by atomic mass is 16.7.